The van der Waals surface area contributed by atoms with Gasteiger partial charge in [-0.3, -0.25) is 5.84 Å². The molecule has 6 heteroatoms. The van der Waals surface area contributed by atoms with Gasteiger partial charge < -0.3 is 0 Å². The van der Waals surface area contributed by atoms with Gasteiger partial charge in [-0.15, -0.1) is 11.3 Å². The zero-order chi connectivity index (χ0) is 15.0. The van der Waals surface area contributed by atoms with Crippen LogP contribution in [0.15, 0.2) is 42.5 Å². The number of hydrazine groups is 1. The third kappa shape index (κ3) is 2.78. The molecular formula is C15H11ClF2N2S. The first kappa shape index (κ1) is 14.4. The monoisotopic (exact) mass is 324 g/mol. The summed E-state index contributed by atoms with van der Waals surface area (Å²) in [4.78, 5) is 0.805. The molecule has 0 aliphatic heterocycles. The van der Waals surface area contributed by atoms with E-state index in [2.05, 4.69) is 5.43 Å². The van der Waals surface area contributed by atoms with E-state index in [1.165, 1.54) is 29.5 Å². The van der Waals surface area contributed by atoms with E-state index in [-0.39, 0.29) is 5.82 Å². The van der Waals surface area contributed by atoms with Crippen molar-refractivity contribution in [3.8, 4) is 0 Å². The fourth-order valence-corrected chi connectivity index (χ4v) is 3.52. The number of hydrogen-bond donors (Lipinski definition) is 2. The van der Waals surface area contributed by atoms with Crippen LogP contribution in [0.5, 0.6) is 0 Å². The van der Waals surface area contributed by atoms with Gasteiger partial charge in [-0.25, -0.2) is 14.2 Å². The molecule has 1 atom stereocenters. The normalized spacial score (nSPS) is 12.8. The van der Waals surface area contributed by atoms with E-state index in [4.69, 9.17) is 17.4 Å². The van der Waals surface area contributed by atoms with Crippen molar-refractivity contribution in [2.45, 2.75) is 6.04 Å². The van der Waals surface area contributed by atoms with Crippen molar-refractivity contribution < 1.29 is 8.78 Å². The van der Waals surface area contributed by atoms with Crippen LogP contribution in [0.2, 0.25) is 5.02 Å². The highest BCUT2D eigenvalue weighted by atomic mass is 35.5. The molecule has 2 nitrogen and oxygen atoms in total. The van der Waals surface area contributed by atoms with E-state index >= 15 is 0 Å². The summed E-state index contributed by atoms with van der Waals surface area (Å²) in [6.45, 7) is 0. The minimum atomic E-state index is -0.511. The maximum atomic E-state index is 14.1. The average molecular weight is 325 g/mol. The van der Waals surface area contributed by atoms with E-state index in [0.29, 0.717) is 10.6 Å². The van der Waals surface area contributed by atoms with Gasteiger partial charge in [0, 0.05) is 20.2 Å². The van der Waals surface area contributed by atoms with E-state index in [1.54, 1.807) is 18.2 Å². The molecular weight excluding hydrogens is 314 g/mol. The van der Waals surface area contributed by atoms with Crippen LogP contribution in [0, 0.1) is 11.6 Å². The van der Waals surface area contributed by atoms with Crippen molar-refractivity contribution in [2.75, 3.05) is 0 Å². The second-order valence-electron chi connectivity index (χ2n) is 4.60. The molecule has 3 rings (SSSR count). The quantitative estimate of drug-likeness (QED) is 0.554. The molecule has 2 aromatic carbocycles. The number of hydrogen-bond acceptors (Lipinski definition) is 3. The first-order valence-electron chi connectivity index (χ1n) is 6.18. The summed E-state index contributed by atoms with van der Waals surface area (Å²) < 4.78 is 28.2. The Morgan fingerprint density at radius 2 is 1.90 bits per heavy atom. The van der Waals surface area contributed by atoms with Crippen LogP contribution in [-0.4, -0.2) is 0 Å². The maximum absolute atomic E-state index is 14.1. The van der Waals surface area contributed by atoms with Gasteiger partial charge in [0.25, 0.3) is 0 Å². The fourth-order valence-electron chi connectivity index (χ4n) is 2.24. The first-order valence-corrected chi connectivity index (χ1v) is 7.38. The lowest BCUT2D eigenvalue weighted by molar-refractivity contribution is 0.564. The van der Waals surface area contributed by atoms with Crippen LogP contribution >= 0.6 is 22.9 Å². The summed E-state index contributed by atoms with van der Waals surface area (Å²) in [5, 5.41) is 1.09. The van der Waals surface area contributed by atoms with Gasteiger partial charge in [-0.05, 0) is 41.8 Å². The number of nitrogens with one attached hydrogen (secondary N) is 1. The Morgan fingerprint density at radius 1 is 1.10 bits per heavy atom. The highest BCUT2D eigenvalue weighted by molar-refractivity contribution is 7.19. The molecule has 0 amide bonds. The summed E-state index contributed by atoms with van der Waals surface area (Å²) >= 11 is 7.20. The highest BCUT2D eigenvalue weighted by Gasteiger charge is 2.19. The predicted octanol–water partition coefficient (Wildman–Crippen LogP) is 4.39. The lowest BCUT2D eigenvalue weighted by atomic mass is 10.0. The maximum Gasteiger partial charge on any atom is 0.129 e. The third-order valence-corrected chi connectivity index (χ3v) is 4.64. The smallest absolute Gasteiger partial charge is 0.129 e. The Bertz CT molecular complexity index is 803. The Hall–Kier alpha value is -1.53. The van der Waals surface area contributed by atoms with Crippen molar-refractivity contribution in [3.05, 3.63) is 69.6 Å². The van der Waals surface area contributed by atoms with Crippen molar-refractivity contribution in [1.29, 1.82) is 0 Å². The SMILES string of the molecule is NNC(c1cc2cc(F)ccc2s1)c1ccc(Cl)cc1F. The zero-order valence-electron chi connectivity index (χ0n) is 10.7. The van der Waals surface area contributed by atoms with E-state index in [0.717, 1.165) is 15.0 Å². The second-order valence-corrected chi connectivity index (χ2v) is 6.15. The number of benzene rings is 2. The van der Waals surface area contributed by atoms with E-state index in [9.17, 15) is 8.78 Å². The van der Waals surface area contributed by atoms with Gasteiger partial charge in [0.1, 0.15) is 11.6 Å². The molecule has 0 radical (unpaired) electrons. The van der Waals surface area contributed by atoms with Crippen LogP contribution in [0.3, 0.4) is 0 Å². The second kappa shape index (κ2) is 5.69. The molecule has 0 bridgehead atoms. The van der Waals surface area contributed by atoms with Crippen molar-refractivity contribution >= 4 is 33.0 Å². The third-order valence-electron chi connectivity index (χ3n) is 3.22. The molecule has 0 saturated carbocycles. The topological polar surface area (TPSA) is 38.0 Å². The lowest BCUT2D eigenvalue weighted by Gasteiger charge is -2.15. The molecule has 0 fully saturated rings. The first-order chi connectivity index (χ1) is 10.1. The number of rotatable bonds is 3. The molecule has 1 unspecified atom stereocenters. The molecule has 3 N–H and O–H groups in total. The fraction of sp³-hybridized carbons (Fsp3) is 0.0667. The lowest BCUT2D eigenvalue weighted by Crippen LogP contribution is -2.28. The minimum absolute atomic E-state index is 0.304. The molecule has 0 saturated heterocycles. The van der Waals surface area contributed by atoms with Crippen LogP contribution in [0.4, 0.5) is 8.78 Å². The Labute approximate surface area is 129 Å². The van der Waals surface area contributed by atoms with Crippen LogP contribution < -0.4 is 11.3 Å². The van der Waals surface area contributed by atoms with Crippen molar-refractivity contribution in [3.63, 3.8) is 0 Å². The standard InChI is InChI=1S/C15H11ClF2N2S/c16-9-1-3-11(12(18)7-9)15(20-19)14-6-8-5-10(17)2-4-13(8)21-14/h1-7,15,20H,19H2. The van der Waals surface area contributed by atoms with Crippen LogP contribution in [0.1, 0.15) is 16.5 Å². The highest BCUT2D eigenvalue weighted by Crippen LogP contribution is 2.34. The molecule has 0 aliphatic carbocycles. The van der Waals surface area contributed by atoms with Crippen molar-refractivity contribution in [2.24, 2.45) is 5.84 Å². The Kier molecular flexibility index (Phi) is 3.91. The number of nitrogens with two attached hydrogens (primary N) is 1. The Morgan fingerprint density at radius 3 is 2.62 bits per heavy atom. The largest absolute Gasteiger partial charge is 0.271 e. The number of halogens is 3. The Balaban J connectivity index is 2.09. The van der Waals surface area contributed by atoms with Gasteiger partial charge >= 0.3 is 0 Å². The summed E-state index contributed by atoms with van der Waals surface area (Å²) in [6.07, 6.45) is 0. The van der Waals surface area contributed by atoms with Gasteiger partial charge in [0.15, 0.2) is 0 Å². The molecule has 108 valence electrons. The van der Waals surface area contributed by atoms with Crippen molar-refractivity contribution in [1.82, 2.24) is 5.43 Å². The molecule has 1 aromatic heterocycles. The summed E-state index contributed by atoms with van der Waals surface area (Å²) in [5.41, 5.74) is 3.00. The van der Waals surface area contributed by atoms with E-state index in [1.807, 2.05) is 6.07 Å². The van der Waals surface area contributed by atoms with Gasteiger partial charge in [-0.1, -0.05) is 17.7 Å². The molecule has 1 heterocycles. The number of thiophene rings is 1. The molecule has 21 heavy (non-hydrogen) atoms. The van der Waals surface area contributed by atoms with Crippen LogP contribution in [0.25, 0.3) is 10.1 Å². The molecule has 0 spiro atoms. The summed E-state index contributed by atoms with van der Waals surface area (Å²) in [5.74, 6) is 4.84. The van der Waals surface area contributed by atoms with Gasteiger partial charge in [0.05, 0.1) is 6.04 Å². The zero-order valence-corrected chi connectivity index (χ0v) is 12.3. The van der Waals surface area contributed by atoms with Crippen LogP contribution in [-0.2, 0) is 0 Å². The molecule has 0 aliphatic rings. The minimum Gasteiger partial charge on any atom is -0.271 e. The summed E-state index contributed by atoms with van der Waals surface area (Å²) in [7, 11) is 0. The van der Waals surface area contributed by atoms with Gasteiger partial charge in [-0.2, -0.15) is 0 Å². The number of fused-ring (bicyclic) bond motifs is 1. The van der Waals surface area contributed by atoms with E-state index < -0.39 is 11.9 Å². The predicted molar refractivity (Wildman–Crippen MR) is 82.4 cm³/mol. The molecule has 3 aromatic rings. The van der Waals surface area contributed by atoms with Gasteiger partial charge in [0.2, 0.25) is 0 Å². The summed E-state index contributed by atoms with van der Waals surface area (Å²) in [6, 6.07) is 10.3. The average Bonchev–Trinajstić information content (AvgIpc) is 2.84.